The minimum Gasteiger partial charge on any atom is -0.508 e. The number of alkyl halides is 6. The van der Waals surface area contributed by atoms with E-state index in [0.29, 0.717) is 44.3 Å². The molecule has 2 aliphatic heterocycles. The van der Waals surface area contributed by atoms with Crippen LogP contribution in [-0.4, -0.2) is 33.7 Å². The van der Waals surface area contributed by atoms with Gasteiger partial charge in [-0.2, -0.15) is 31.4 Å². The number of aromatic hydroxyl groups is 1. The van der Waals surface area contributed by atoms with E-state index in [1.807, 2.05) is 0 Å². The summed E-state index contributed by atoms with van der Waals surface area (Å²) in [6.45, 7) is 1.61. The van der Waals surface area contributed by atoms with E-state index in [9.17, 15) is 50.2 Å². The predicted molar refractivity (Wildman–Crippen MR) is 191 cm³/mol. The van der Waals surface area contributed by atoms with Gasteiger partial charge >= 0.3 is 12.4 Å². The van der Waals surface area contributed by atoms with Crippen LogP contribution >= 0.6 is 11.6 Å². The molecule has 294 valence electrons. The van der Waals surface area contributed by atoms with Crippen molar-refractivity contribution in [2.45, 2.75) is 43.5 Å². The van der Waals surface area contributed by atoms with E-state index >= 15 is 4.79 Å². The third kappa shape index (κ3) is 5.96. The number of rotatable bonds is 5. The molecule has 2 N–H and O–H groups in total. The molecule has 1 saturated carbocycles. The molecule has 0 aromatic heterocycles. The molecule has 57 heavy (non-hydrogen) atoms. The Morgan fingerprint density at radius 1 is 0.789 bits per heavy atom. The molecule has 2 aliphatic carbocycles. The zero-order valence-electron chi connectivity index (χ0n) is 29.5. The van der Waals surface area contributed by atoms with Gasteiger partial charge in [-0.25, -0.2) is 9.29 Å². The Morgan fingerprint density at radius 2 is 1.42 bits per heavy atom. The lowest BCUT2D eigenvalue weighted by atomic mass is 9.49. The SMILES string of the molecule is Cc1cc(C2C3=CCC4C(=O)N(c5cc(C(F)(F)F)cc(C(F)(F)F)c5)C(=O)C4C3CC3C(=O)N(Nc4ccc(F)cc4)C(=O)C32c2ccc(Cl)cc2)ccc1O. The Morgan fingerprint density at radius 3 is 2.02 bits per heavy atom. The lowest BCUT2D eigenvalue weighted by Gasteiger charge is -2.50. The Hall–Kier alpha value is -5.70. The van der Waals surface area contributed by atoms with E-state index < -0.39 is 93.6 Å². The highest BCUT2D eigenvalue weighted by atomic mass is 35.5. The third-order valence-corrected chi connectivity index (χ3v) is 11.9. The largest absolute Gasteiger partial charge is 0.508 e. The molecule has 16 heteroatoms. The van der Waals surface area contributed by atoms with Gasteiger partial charge in [0.1, 0.15) is 11.6 Å². The summed E-state index contributed by atoms with van der Waals surface area (Å²) in [5.41, 5.74) is -1.47. The number of phenolic OH excluding ortho intramolecular Hbond substituents is 1. The van der Waals surface area contributed by atoms with Gasteiger partial charge in [-0.3, -0.25) is 24.6 Å². The van der Waals surface area contributed by atoms with Crippen LogP contribution in [0.15, 0.2) is 96.6 Å². The Balaban J connectivity index is 1.31. The fraction of sp³-hybridized carbons (Fsp3) is 0.268. The number of hydrogen-bond donors (Lipinski definition) is 2. The molecular formula is C41H29ClF7N3O5. The topological polar surface area (TPSA) is 107 Å². The van der Waals surface area contributed by atoms with E-state index in [4.69, 9.17) is 11.6 Å². The Bertz CT molecular complexity index is 2370. The molecule has 4 aromatic carbocycles. The smallest absolute Gasteiger partial charge is 0.416 e. The van der Waals surface area contributed by atoms with E-state index in [0.717, 1.165) is 17.1 Å². The molecule has 6 atom stereocenters. The van der Waals surface area contributed by atoms with Crippen LogP contribution in [0.5, 0.6) is 5.75 Å². The molecule has 3 fully saturated rings. The lowest BCUT2D eigenvalue weighted by molar-refractivity contribution is -0.143. The van der Waals surface area contributed by atoms with Crippen molar-refractivity contribution in [1.29, 1.82) is 0 Å². The van der Waals surface area contributed by atoms with E-state index in [1.165, 1.54) is 30.3 Å². The van der Waals surface area contributed by atoms with Crippen molar-refractivity contribution in [3.63, 3.8) is 0 Å². The van der Waals surface area contributed by atoms with Gasteiger partial charge in [0.05, 0.1) is 45.7 Å². The molecule has 2 saturated heterocycles. The molecule has 0 bridgehead atoms. The summed E-state index contributed by atoms with van der Waals surface area (Å²) in [4.78, 5) is 58.8. The molecule has 8 nitrogen and oxygen atoms in total. The first-order chi connectivity index (χ1) is 26.8. The van der Waals surface area contributed by atoms with Crippen molar-refractivity contribution in [3.05, 3.63) is 135 Å². The van der Waals surface area contributed by atoms with Crippen LogP contribution in [0, 0.1) is 36.4 Å². The highest BCUT2D eigenvalue weighted by Crippen LogP contribution is 2.64. The summed E-state index contributed by atoms with van der Waals surface area (Å²) < 4.78 is 97.2. The number of hydrogen-bond acceptors (Lipinski definition) is 6. The average molecular weight is 812 g/mol. The van der Waals surface area contributed by atoms with Gasteiger partial charge in [0.25, 0.3) is 11.8 Å². The summed E-state index contributed by atoms with van der Waals surface area (Å²) >= 11 is 6.29. The highest BCUT2D eigenvalue weighted by molar-refractivity contribution is 6.30. The number of carbonyl (C=O) groups excluding carboxylic acids is 4. The van der Waals surface area contributed by atoms with Crippen molar-refractivity contribution in [2.75, 3.05) is 10.3 Å². The number of hydrazine groups is 1. The first-order valence-corrected chi connectivity index (χ1v) is 18.0. The molecule has 8 rings (SSSR count). The normalized spacial score (nSPS) is 26.0. The van der Waals surface area contributed by atoms with Gasteiger partial charge in [-0.15, -0.1) is 0 Å². The Kier molecular flexibility index (Phi) is 8.83. The number of anilines is 2. The molecular weight excluding hydrogens is 783 g/mol. The van der Waals surface area contributed by atoms with Gasteiger partial charge in [-0.1, -0.05) is 47.5 Å². The Labute approximate surface area is 324 Å². The van der Waals surface area contributed by atoms with Gasteiger partial charge in [0.2, 0.25) is 11.8 Å². The van der Waals surface area contributed by atoms with Crippen LogP contribution in [-0.2, 0) is 36.9 Å². The second kappa shape index (κ2) is 13.2. The summed E-state index contributed by atoms with van der Waals surface area (Å²) in [6.07, 6.45) is -9.26. The monoisotopic (exact) mass is 811 g/mol. The number of allylic oxidation sites excluding steroid dienone is 2. The second-order valence-electron chi connectivity index (χ2n) is 14.7. The number of nitrogens with zero attached hydrogens (tertiary/aromatic N) is 2. The van der Waals surface area contributed by atoms with Crippen LogP contribution in [0.1, 0.15) is 46.6 Å². The zero-order chi connectivity index (χ0) is 40.9. The molecule has 0 radical (unpaired) electrons. The predicted octanol–water partition coefficient (Wildman–Crippen LogP) is 8.72. The summed E-state index contributed by atoms with van der Waals surface area (Å²) in [6, 6.07) is 16.2. The minimum absolute atomic E-state index is 0.0826. The minimum atomic E-state index is -5.25. The maximum atomic E-state index is 15.2. The highest BCUT2D eigenvalue weighted by Gasteiger charge is 2.70. The van der Waals surface area contributed by atoms with Crippen LogP contribution in [0.25, 0.3) is 0 Å². The number of halogens is 8. The van der Waals surface area contributed by atoms with Crippen LogP contribution in [0.3, 0.4) is 0 Å². The number of nitrogens with one attached hydrogen (secondary N) is 1. The van der Waals surface area contributed by atoms with Crippen molar-refractivity contribution >= 4 is 46.6 Å². The lowest BCUT2D eigenvalue weighted by Crippen LogP contribution is -2.53. The summed E-state index contributed by atoms with van der Waals surface area (Å²) in [5, 5.41) is 11.7. The number of carbonyl (C=O) groups is 4. The first kappa shape index (κ1) is 38.2. The number of phenols is 1. The van der Waals surface area contributed by atoms with Gasteiger partial charge < -0.3 is 5.11 Å². The number of imide groups is 2. The van der Waals surface area contributed by atoms with Crippen LogP contribution < -0.4 is 10.3 Å². The van der Waals surface area contributed by atoms with Gasteiger partial charge in [-0.05, 0) is 103 Å². The van der Waals surface area contributed by atoms with Gasteiger partial charge in [0.15, 0.2) is 0 Å². The molecule has 0 spiro atoms. The van der Waals surface area contributed by atoms with E-state index in [-0.39, 0.29) is 30.3 Å². The maximum Gasteiger partial charge on any atom is 0.416 e. The number of aryl methyl sites for hydroxylation is 1. The first-order valence-electron chi connectivity index (χ1n) is 17.7. The maximum absolute atomic E-state index is 15.2. The average Bonchev–Trinajstić information content (AvgIpc) is 3.53. The molecule has 4 aliphatic rings. The second-order valence-corrected chi connectivity index (χ2v) is 15.1. The molecule has 4 aromatic rings. The standard InChI is InChI=1S/C41H29ClF7N3O5/c1-19-14-20(2-13-32(19)53)34-28-11-12-29-33(37(56)51(35(29)54)27-16-22(40(44,45)46)15-23(17-27)41(47,48)49)30(28)18-31-36(55)52(50-26-9-7-25(43)8-10-26)38(57)39(31,34)21-3-5-24(42)6-4-21/h2-11,13-17,29-31,33-34,50,53H,12,18H2,1H3. The third-order valence-electron chi connectivity index (χ3n) is 11.6. The van der Waals surface area contributed by atoms with Crippen molar-refractivity contribution in [2.24, 2.45) is 23.7 Å². The van der Waals surface area contributed by atoms with Gasteiger partial charge in [0, 0.05) is 10.9 Å². The van der Waals surface area contributed by atoms with Crippen molar-refractivity contribution in [1.82, 2.24) is 5.01 Å². The molecule has 2 heterocycles. The van der Waals surface area contributed by atoms with Crippen LogP contribution in [0.4, 0.5) is 42.1 Å². The summed E-state index contributed by atoms with van der Waals surface area (Å²) in [5.74, 6) is -10.1. The van der Waals surface area contributed by atoms with Crippen LogP contribution in [0.2, 0.25) is 5.02 Å². The number of benzene rings is 4. The molecule has 6 unspecified atom stereocenters. The van der Waals surface area contributed by atoms with E-state index in [2.05, 4.69) is 5.43 Å². The molecule has 4 amide bonds. The van der Waals surface area contributed by atoms with E-state index in [1.54, 1.807) is 37.3 Å². The zero-order valence-corrected chi connectivity index (χ0v) is 30.2. The fourth-order valence-electron chi connectivity index (χ4n) is 9.21. The number of amides is 4. The quantitative estimate of drug-likeness (QED) is 0.119. The number of fused-ring (bicyclic) bond motifs is 4. The fourth-order valence-corrected chi connectivity index (χ4v) is 9.34. The summed E-state index contributed by atoms with van der Waals surface area (Å²) in [7, 11) is 0. The van der Waals surface area contributed by atoms with Crippen molar-refractivity contribution < 1.29 is 55.0 Å². The van der Waals surface area contributed by atoms with Crippen molar-refractivity contribution in [3.8, 4) is 5.75 Å².